The molecule has 1 saturated heterocycles. The summed E-state index contributed by atoms with van der Waals surface area (Å²) in [6.45, 7) is -0.581. The zero-order chi connectivity index (χ0) is 20.0. The number of hydrogen-bond acceptors (Lipinski definition) is 8. The first-order valence-corrected chi connectivity index (χ1v) is 10.4. The van der Waals surface area contributed by atoms with Crippen LogP contribution < -0.4 is 0 Å². The van der Waals surface area contributed by atoms with Crippen LogP contribution in [0.1, 0.15) is 22.1 Å². The van der Waals surface area contributed by atoms with Gasteiger partial charge < -0.3 is 30.3 Å². The quantitative estimate of drug-likeness (QED) is 0.436. The Hall–Kier alpha value is -1.59. The SMILES string of the molecule is OC[C@H]1O[C@@H](c2cc(Cc3cc4ccsc4s3)c(F)cc2O)[C@H](O)[C@@H](O)[C@@H]1O. The Bertz CT molecular complexity index is 956. The molecule has 5 atom stereocenters. The Morgan fingerprint density at radius 3 is 2.57 bits per heavy atom. The molecule has 0 saturated carbocycles. The van der Waals surface area contributed by atoms with Gasteiger partial charge in [-0.15, -0.1) is 22.7 Å². The number of hydrogen-bond donors (Lipinski definition) is 5. The second kappa shape index (κ2) is 7.68. The fourth-order valence-electron chi connectivity index (χ4n) is 3.44. The van der Waals surface area contributed by atoms with Crippen molar-refractivity contribution in [3.05, 3.63) is 51.5 Å². The molecule has 6 nitrogen and oxygen atoms in total. The van der Waals surface area contributed by atoms with Crippen molar-refractivity contribution in [3.8, 4) is 5.75 Å². The Morgan fingerprint density at radius 1 is 1.07 bits per heavy atom. The van der Waals surface area contributed by atoms with Gasteiger partial charge in [0.1, 0.15) is 42.1 Å². The lowest BCUT2D eigenvalue weighted by atomic mass is 9.89. The van der Waals surface area contributed by atoms with Crippen molar-refractivity contribution in [2.75, 3.05) is 6.61 Å². The summed E-state index contributed by atoms with van der Waals surface area (Å²) in [6, 6.07) is 6.32. The molecule has 1 aromatic carbocycles. The van der Waals surface area contributed by atoms with Crippen LogP contribution in [0, 0.1) is 5.82 Å². The lowest BCUT2D eigenvalue weighted by Crippen LogP contribution is -2.55. The Labute approximate surface area is 167 Å². The fraction of sp³-hybridized carbons (Fsp3) is 0.368. The predicted molar refractivity (Wildman–Crippen MR) is 103 cm³/mol. The average Bonchev–Trinajstić information content (AvgIpc) is 3.24. The van der Waals surface area contributed by atoms with Gasteiger partial charge in [-0.25, -0.2) is 4.39 Å². The van der Waals surface area contributed by atoms with Crippen LogP contribution in [0.3, 0.4) is 0 Å². The monoisotopic (exact) mass is 426 g/mol. The number of phenols is 1. The maximum atomic E-state index is 14.5. The number of thiophene rings is 2. The Balaban J connectivity index is 1.67. The highest BCUT2D eigenvalue weighted by Crippen LogP contribution is 2.39. The normalized spacial score (nSPS) is 28.1. The fourth-order valence-corrected chi connectivity index (χ4v) is 5.62. The predicted octanol–water partition coefficient (Wildman–Crippen LogP) is 1.91. The first-order valence-electron chi connectivity index (χ1n) is 8.66. The van der Waals surface area contributed by atoms with E-state index >= 15 is 0 Å². The first-order chi connectivity index (χ1) is 13.4. The summed E-state index contributed by atoms with van der Waals surface area (Å²) < 4.78 is 21.1. The molecule has 2 aromatic heterocycles. The standard InChI is InChI=1S/C19H19FO6S2/c20-12-6-13(22)11(18-17(25)16(24)15(23)14(7-21)26-18)5-9(12)4-10-3-8-1-2-27-19(8)28-10/h1-3,5-6,14-18,21-25H,4,7H2/t14-,15-,16+,17-,18+/m1/s1. The number of rotatable bonds is 4. The number of halogens is 1. The van der Waals surface area contributed by atoms with Crippen LogP contribution >= 0.6 is 22.7 Å². The minimum atomic E-state index is -1.58. The molecule has 0 amide bonds. The van der Waals surface area contributed by atoms with E-state index in [1.165, 1.54) is 6.07 Å². The molecule has 0 radical (unpaired) electrons. The maximum absolute atomic E-state index is 14.5. The van der Waals surface area contributed by atoms with E-state index in [1.807, 2.05) is 17.5 Å². The van der Waals surface area contributed by atoms with Crippen LogP contribution in [-0.4, -0.2) is 56.6 Å². The highest BCUT2D eigenvalue weighted by atomic mass is 32.2. The van der Waals surface area contributed by atoms with Crippen molar-refractivity contribution in [1.29, 1.82) is 0 Å². The van der Waals surface area contributed by atoms with E-state index in [2.05, 4.69) is 0 Å². The topological polar surface area (TPSA) is 110 Å². The van der Waals surface area contributed by atoms with Crippen LogP contribution in [0.2, 0.25) is 0 Å². The second-order valence-corrected chi connectivity index (χ2v) is 9.12. The van der Waals surface area contributed by atoms with Crippen LogP contribution in [0.25, 0.3) is 9.40 Å². The van der Waals surface area contributed by atoms with Gasteiger partial charge in [0.2, 0.25) is 0 Å². The van der Waals surface area contributed by atoms with E-state index in [4.69, 9.17) is 4.74 Å². The van der Waals surface area contributed by atoms with Crippen LogP contribution in [0.4, 0.5) is 4.39 Å². The molecule has 0 spiro atoms. The third kappa shape index (κ3) is 3.43. The molecule has 3 aromatic rings. The van der Waals surface area contributed by atoms with E-state index < -0.39 is 48.7 Å². The number of aromatic hydroxyl groups is 1. The number of phenolic OH excluding ortho intramolecular Hbond substituents is 1. The number of aliphatic hydroxyl groups is 4. The average molecular weight is 426 g/mol. The zero-order valence-electron chi connectivity index (χ0n) is 14.5. The summed E-state index contributed by atoms with van der Waals surface area (Å²) in [6.07, 6.45) is -6.66. The van der Waals surface area contributed by atoms with E-state index in [0.717, 1.165) is 20.3 Å². The Morgan fingerprint density at radius 2 is 1.86 bits per heavy atom. The van der Waals surface area contributed by atoms with Gasteiger partial charge in [0.15, 0.2) is 0 Å². The van der Waals surface area contributed by atoms with Crippen molar-refractivity contribution in [3.63, 3.8) is 0 Å². The number of fused-ring (bicyclic) bond motifs is 1. The summed E-state index contributed by atoms with van der Waals surface area (Å²) in [5.74, 6) is -1.03. The lowest BCUT2D eigenvalue weighted by molar-refractivity contribution is -0.232. The molecule has 28 heavy (non-hydrogen) atoms. The molecule has 0 unspecified atom stereocenters. The summed E-state index contributed by atoms with van der Waals surface area (Å²) in [5, 5.41) is 52.8. The number of ether oxygens (including phenoxy) is 1. The molecular formula is C19H19FO6S2. The van der Waals surface area contributed by atoms with Gasteiger partial charge in [-0.2, -0.15) is 0 Å². The molecule has 150 valence electrons. The number of benzene rings is 1. The molecule has 3 heterocycles. The molecule has 4 rings (SSSR count). The number of aliphatic hydroxyl groups excluding tert-OH is 4. The molecule has 1 fully saturated rings. The van der Waals surface area contributed by atoms with Crippen LogP contribution in [0.5, 0.6) is 5.75 Å². The molecule has 0 aliphatic carbocycles. The third-order valence-electron chi connectivity index (χ3n) is 4.96. The smallest absolute Gasteiger partial charge is 0.130 e. The second-order valence-electron chi connectivity index (χ2n) is 6.80. The van der Waals surface area contributed by atoms with Crippen molar-refractivity contribution in [1.82, 2.24) is 0 Å². The minimum absolute atomic E-state index is 0.0895. The van der Waals surface area contributed by atoms with Gasteiger partial charge in [0, 0.05) is 28.3 Å². The van der Waals surface area contributed by atoms with Crippen LogP contribution in [-0.2, 0) is 11.2 Å². The highest BCUT2D eigenvalue weighted by Gasteiger charge is 2.44. The zero-order valence-corrected chi connectivity index (χ0v) is 16.2. The summed E-state index contributed by atoms with van der Waals surface area (Å²) in [4.78, 5) is 0.950. The van der Waals surface area contributed by atoms with E-state index in [0.29, 0.717) is 12.0 Å². The lowest BCUT2D eigenvalue weighted by Gasteiger charge is -2.40. The molecule has 1 aliphatic rings. The van der Waals surface area contributed by atoms with Gasteiger partial charge in [-0.3, -0.25) is 0 Å². The first kappa shape index (κ1) is 19.7. The van der Waals surface area contributed by atoms with Gasteiger partial charge in [0.05, 0.1) is 10.6 Å². The largest absolute Gasteiger partial charge is 0.507 e. The van der Waals surface area contributed by atoms with Gasteiger partial charge in [-0.05, 0) is 29.1 Å². The van der Waals surface area contributed by atoms with Gasteiger partial charge in [0.25, 0.3) is 0 Å². The highest BCUT2D eigenvalue weighted by molar-refractivity contribution is 7.37. The minimum Gasteiger partial charge on any atom is -0.507 e. The van der Waals surface area contributed by atoms with Crippen molar-refractivity contribution >= 4 is 32.1 Å². The molecule has 1 aliphatic heterocycles. The summed E-state index contributed by atoms with van der Waals surface area (Å²) >= 11 is 3.17. The molecule has 9 heteroatoms. The molecule has 5 N–H and O–H groups in total. The summed E-state index contributed by atoms with van der Waals surface area (Å²) in [7, 11) is 0. The maximum Gasteiger partial charge on any atom is 0.130 e. The van der Waals surface area contributed by atoms with Crippen molar-refractivity contribution in [2.45, 2.75) is 36.9 Å². The Kier molecular flexibility index (Phi) is 5.41. The summed E-state index contributed by atoms with van der Waals surface area (Å²) in [5.41, 5.74) is 0.394. The van der Waals surface area contributed by atoms with Gasteiger partial charge >= 0.3 is 0 Å². The molecule has 0 bridgehead atoms. The van der Waals surface area contributed by atoms with Crippen molar-refractivity contribution in [2.24, 2.45) is 0 Å². The van der Waals surface area contributed by atoms with E-state index in [9.17, 15) is 29.9 Å². The van der Waals surface area contributed by atoms with E-state index in [1.54, 1.807) is 22.7 Å². The van der Waals surface area contributed by atoms with Gasteiger partial charge in [-0.1, -0.05) is 0 Å². The third-order valence-corrected chi connectivity index (χ3v) is 7.16. The van der Waals surface area contributed by atoms with E-state index in [-0.39, 0.29) is 5.56 Å². The van der Waals surface area contributed by atoms with Crippen molar-refractivity contribution < 1.29 is 34.7 Å². The molecular weight excluding hydrogens is 407 g/mol. The van der Waals surface area contributed by atoms with Crippen LogP contribution in [0.15, 0.2) is 29.6 Å².